The Morgan fingerprint density at radius 3 is 2.70 bits per heavy atom. The maximum Gasteiger partial charge on any atom is 0.150 e. The number of rotatable bonds is 5. The summed E-state index contributed by atoms with van der Waals surface area (Å²) in [7, 11) is 4.17. The van der Waals surface area contributed by atoms with Crippen LogP contribution in [0.2, 0.25) is 0 Å². The van der Waals surface area contributed by atoms with Crippen LogP contribution in [0.25, 0.3) is 33.4 Å². The summed E-state index contributed by atoms with van der Waals surface area (Å²) in [5.41, 5.74) is 6.12. The molecule has 0 amide bonds. The van der Waals surface area contributed by atoms with E-state index in [0.717, 1.165) is 71.8 Å². The first-order valence-corrected chi connectivity index (χ1v) is 13.2. The number of anilines is 2. The summed E-state index contributed by atoms with van der Waals surface area (Å²) in [5, 5.41) is 5.73. The average molecular weight is 499 g/mol. The standard InChI is InChI=1S/C29H34N6O2/c1-20-19-36-17-15-34(20)26-18-23(21-8-4-5-9-24(21)33(2)3)22-11-13-30-29(28(22)32-26)25-12-14-31-35(25)27-10-6-7-16-37-27/h4-5,8-9,11-14,18,20,27H,6-7,10,15-17,19H2,1-3H3. The molecule has 2 unspecified atom stereocenters. The molecule has 8 heteroatoms. The van der Waals surface area contributed by atoms with Gasteiger partial charge in [0.25, 0.3) is 0 Å². The Morgan fingerprint density at radius 1 is 1.00 bits per heavy atom. The highest BCUT2D eigenvalue weighted by molar-refractivity contribution is 6.03. The molecular weight excluding hydrogens is 464 g/mol. The third-order valence-electron chi connectivity index (χ3n) is 7.39. The van der Waals surface area contributed by atoms with Crippen LogP contribution in [0.5, 0.6) is 0 Å². The first kappa shape index (κ1) is 23.9. The van der Waals surface area contributed by atoms with Gasteiger partial charge < -0.3 is 19.3 Å². The summed E-state index contributed by atoms with van der Waals surface area (Å²) >= 11 is 0. The molecule has 2 aliphatic rings. The lowest BCUT2D eigenvalue weighted by Gasteiger charge is -2.35. The molecule has 2 saturated heterocycles. The maximum absolute atomic E-state index is 6.09. The van der Waals surface area contributed by atoms with Gasteiger partial charge in [0.1, 0.15) is 17.0 Å². The molecule has 0 N–H and O–H groups in total. The van der Waals surface area contributed by atoms with Crippen LogP contribution in [0, 0.1) is 0 Å². The molecule has 0 bridgehead atoms. The highest BCUT2D eigenvalue weighted by Gasteiger charge is 2.26. The zero-order valence-corrected chi connectivity index (χ0v) is 21.8. The maximum atomic E-state index is 6.09. The zero-order chi connectivity index (χ0) is 25.4. The van der Waals surface area contributed by atoms with E-state index in [1.807, 2.05) is 23.1 Å². The topological polar surface area (TPSA) is 68.5 Å². The summed E-state index contributed by atoms with van der Waals surface area (Å²) in [5.74, 6) is 0.945. The Morgan fingerprint density at radius 2 is 1.89 bits per heavy atom. The lowest BCUT2D eigenvalue weighted by molar-refractivity contribution is -0.0383. The fourth-order valence-electron chi connectivity index (χ4n) is 5.50. The Kier molecular flexibility index (Phi) is 6.52. The third-order valence-corrected chi connectivity index (χ3v) is 7.39. The highest BCUT2D eigenvalue weighted by Crippen LogP contribution is 2.40. The summed E-state index contributed by atoms with van der Waals surface area (Å²) in [6, 6.07) is 15.1. The van der Waals surface area contributed by atoms with Crippen molar-refractivity contribution in [2.45, 2.75) is 38.5 Å². The minimum Gasteiger partial charge on any atom is -0.377 e. The van der Waals surface area contributed by atoms with E-state index in [0.29, 0.717) is 13.2 Å². The molecule has 2 fully saturated rings. The van der Waals surface area contributed by atoms with Gasteiger partial charge in [-0.05, 0) is 56.0 Å². The Balaban J connectivity index is 1.59. The van der Waals surface area contributed by atoms with Crippen molar-refractivity contribution in [2.24, 2.45) is 0 Å². The van der Waals surface area contributed by atoms with Crippen molar-refractivity contribution >= 4 is 22.4 Å². The van der Waals surface area contributed by atoms with Gasteiger partial charge in [0.05, 0.1) is 24.9 Å². The Hall–Kier alpha value is -3.49. The molecule has 5 heterocycles. The SMILES string of the molecule is CC1COCCN1c1cc(-c2ccccc2N(C)C)c2ccnc(-c3ccnn3C3CCCCO3)c2n1. The largest absolute Gasteiger partial charge is 0.377 e. The molecule has 1 aromatic carbocycles. The minimum absolute atomic E-state index is 0.0767. The van der Waals surface area contributed by atoms with Crippen LogP contribution in [0.4, 0.5) is 11.5 Å². The number of hydrogen-bond donors (Lipinski definition) is 0. The van der Waals surface area contributed by atoms with Crippen LogP contribution in [0.1, 0.15) is 32.4 Å². The minimum atomic E-state index is -0.0767. The first-order chi connectivity index (χ1) is 18.1. The lowest BCUT2D eigenvalue weighted by Crippen LogP contribution is -2.44. The zero-order valence-electron chi connectivity index (χ0n) is 21.8. The van der Waals surface area contributed by atoms with E-state index in [1.54, 1.807) is 0 Å². The van der Waals surface area contributed by atoms with Gasteiger partial charge >= 0.3 is 0 Å². The van der Waals surface area contributed by atoms with E-state index in [-0.39, 0.29) is 12.3 Å². The lowest BCUT2D eigenvalue weighted by atomic mass is 9.98. The van der Waals surface area contributed by atoms with Crippen LogP contribution < -0.4 is 9.80 Å². The third kappa shape index (κ3) is 4.45. The molecule has 0 saturated carbocycles. The van der Waals surface area contributed by atoms with E-state index in [9.17, 15) is 0 Å². The first-order valence-electron chi connectivity index (χ1n) is 13.2. The molecule has 0 aliphatic carbocycles. The van der Waals surface area contributed by atoms with Gasteiger partial charge in [-0.1, -0.05) is 18.2 Å². The highest BCUT2D eigenvalue weighted by atomic mass is 16.5. The summed E-state index contributed by atoms with van der Waals surface area (Å²) in [6.45, 7) is 5.14. The molecule has 0 radical (unpaired) electrons. The van der Waals surface area contributed by atoms with E-state index in [4.69, 9.17) is 19.4 Å². The molecule has 0 spiro atoms. The van der Waals surface area contributed by atoms with E-state index >= 15 is 0 Å². The second kappa shape index (κ2) is 10.1. The quantitative estimate of drug-likeness (QED) is 0.377. The molecule has 192 valence electrons. The van der Waals surface area contributed by atoms with E-state index < -0.39 is 0 Å². The number of benzene rings is 1. The van der Waals surface area contributed by atoms with Crippen LogP contribution in [-0.2, 0) is 9.47 Å². The molecule has 2 aliphatic heterocycles. The van der Waals surface area contributed by atoms with Gasteiger partial charge in [-0.3, -0.25) is 4.98 Å². The van der Waals surface area contributed by atoms with Crippen LogP contribution >= 0.6 is 0 Å². The van der Waals surface area contributed by atoms with Crippen molar-refractivity contribution < 1.29 is 9.47 Å². The van der Waals surface area contributed by atoms with E-state index in [2.05, 4.69) is 72.3 Å². The smallest absolute Gasteiger partial charge is 0.150 e. The summed E-state index contributed by atoms with van der Waals surface area (Å²) in [6.07, 6.45) is 6.82. The summed E-state index contributed by atoms with van der Waals surface area (Å²) in [4.78, 5) is 14.6. The molecule has 37 heavy (non-hydrogen) atoms. The van der Waals surface area contributed by atoms with Gasteiger partial charge in [-0.15, -0.1) is 0 Å². The number of ether oxygens (including phenoxy) is 2. The van der Waals surface area contributed by atoms with Crippen molar-refractivity contribution in [3.63, 3.8) is 0 Å². The number of pyridine rings is 2. The Labute approximate surface area is 217 Å². The molecular formula is C29H34N6O2. The van der Waals surface area contributed by atoms with Crippen LogP contribution in [-0.4, -0.2) is 66.3 Å². The number of nitrogens with zero attached hydrogens (tertiary/aromatic N) is 6. The number of hydrogen-bond acceptors (Lipinski definition) is 7. The average Bonchev–Trinajstić information content (AvgIpc) is 3.43. The van der Waals surface area contributed by atoms with Crippen molar-refractivity contribution in [2.75, 3.05) is 50.3 Å². The molecule has 3 aromatic heterocycles. The summed E-state index contributed by atoms with van der Waals surface area (Å²) < 4.78 is 13.8. The predicted molar refractivity (Wildman–Crippen MR) is 147 cm³/mol. The molecule has 2 atom stereocenters. The van der Waals surface area contributed by atoms with Gasteiger partial charge in [0.15, 0.2) is 6.23 Å². The van der Waals surface area contributed by atoms with Crippen molar-refractivity contribution in [1.82, 2.24) is 19.7 Å². The fourth-order valence-corrected chi connectivity index (χ4v) is 5.50. The second-order valence-electron chi connectivity index (χ2n) is 10.1. The van der Waals surface area contributed by atoms with Crippen molar-refractivity contribution in [1.29, 1.82) is 0 Å². The number of aromatic nitrogens is 4. The van der Waals surface area contributed by atoms with E-state index in [1.165, 1.54) is 5.56 Å². The number of para-hydroxylation sites is 1. The number of fused-ring (bicyclic) bond motifs is 1. The van der Waals surface area contributed by atoms with Crippen LogP contribution in [0.3, 0.4) is 0 Å². The van der Waals surface area contributed by atoms with Gasteiger partial charge in [-0.25, -0.2) is 9.67 Å². The predicted octanol–water partition coefficient (Wildman–Crippen LogP) is 5.15. The van der Waals surface area contributed by atoms with Gasteiger partial charge in [0.2, 0.25) is 0 Å². The Bertz CT molecular complexity index is 1390. The fraction of sp³-hybridized carbons (Fsp3) is 0.414. The molecule has 8 nitrogen and oxygen atoms in total. The normalized spacial score (nSPS) is 20.4. The van der Waals surface area contributed by atoms with Crippen molar-refractivity contribution in [3.05, 3.63) is 54.9 Å². The molecule has 4 aromatic rings. The van der Waals surface area contributed by atoms with Crippen LogP contribution in [0.15, 0.2) is 54.9 Å². The second-order valence-corrected chi connectivity index (χ2v) is 10.1. The monoisotopic (exact) mass is 498 g/mol. The van der Waals surface area contributed by atoms with Gasteiger partial charge in [-0.2, -0.15) is 5.10 Å². The van der Waals surface area contributed by atoms with Gasteiger partial charge in [0, 0.05) is 56.3 Å². The number of morpholine rings is 1. The van der Waals surface area contributed by atoms with Crippen molar-refractivity contribution in [3.8, 4) is 22.5 Å². The molecule has 6 rings (SSSR count).